The average molecular weight is 460 g/mol. The van der Waals surface area contributed by atoms with Crippen LogP contribution < -0.4 is 0 Å². The molecule has 0 aromatic carbocycles. The molecule has 0 amide bonds. The van der Waals surface area contributed by atoms with Gasteiger partial charge >= 0.3 is 22.6 Å². The minimum Gasteiger partial charge on any atom is -0.292 e. The normalized spacial score (nSPS) is 20.1. The summed E-state index contributed by atoms with van der Waals surface area (Å²) < 4.78 is 163. The molecule has 0 radical (unpaired) electrons. The molecule has 1 heterocycles. The van der Waals surface area contributed by atoms with Crippen molar-refractivity contribution in [3.05, 3.63) is 0 Å². The maximum atomic E-state index is 13.8. The van der Waals surface area contributed by atoms with Gasteiger partial charge in [0.25, 0.3) is 10.0 Å². The lowest BCUT2D eigenvalue weighted by Gasteiger charge is -2.38. The van der Waals surface area contributed by atoms with E-state index in [0.717, 1.165) is 0 Å². The number of halogens is 9. The van der Waals surface area contributed by atoms with Crippen molar-refractivity contribution in [3.63, 3.8) is 0 Å². The van der Waals surface area contributed by atoms with Crippen molar-refractivity contribution >= 4 is 19.9 Å². The van der Waals surface area contributed by atoms with E-state index in [9.17, 15) is 56.3 Å². The highest BCUT2D eigenvalue weighted by molar-refractivity contribution is 7.92. The molecule has 17 heteroatoms. The summed E-state index contributed by atoms with van der Waals surface area (Å²) >= 11 is 0. The monoisotopic (exact) mass is 460 g/mol. The fourth-order valence-electron chi connectivity index (χ4n) is 2.11. The van der Waals surface area contributed by atoms with E-state index < -0.39 is 81.4 Å². The molecule has 1 saturated heterocycles. The Bertz CT molecular complexity index is 756. The van der Waals surface area contributed by atoms with Crippen molar-refractivity contribution in [2.45, 2.75) is 22.6 Å². The van der Waals surface area contributed by atoms with Crippen LogP contribution in [0.15, 0.2) is 0 Å². The molecule has 6 nitrogen and oxygen atoms in total. The maximum Gasteiger partial charge on any atom is 0.428 e. The van der Waals surface area contributed by atoms with Gasteiger partial charge < -0.3 is 0 Å². The van der Waals surface area contributed by atoms with Crippen molar-refractivity contribution in [2.24, 2.45) is 0 Å². The smallest absolute Gasteiger partial charge is 0.292 e. The van der Waals surface area contributed by atoms with Crippen LogP contribution >= 0.6 is 0 Å². The lowest BCUT2D eigenvalue weighted by Crippen LogP contribution is -2.64. The van der Waals surface area contributed by atoms with E-state index in [-0.39, 0.29) is 4.31 Å². The van der Waals surface area contributed by atoms with Gasteiger partial charge in [0.05, 0.1) is 6.54 Å². The van der Waals surface area contributed by atoms with Crippen molar-refractivity contribution in [1.82, 2.24) is 9.21 Å². The summed E-state index contributed by atoms with van der Waals surface area (Å²) in [5, 5.41) is -13.0. The number of hydrogen-bond donors (Lipinski definition) is 0. The van der Waals surface area contributed by atoms with E-state index >= 15 is 0 Å². The first-order valence-electron chi connectivity index (χ1n) is 6.80. The van der Waals surface area contributed by atoms with Gasteiger partial charge in [0.2, 0.25) is 9.84 Å². The Hall–Kier alpha value is -0.810. The summed E-state index contributed by atoms with van der Waals surface area (Å²) in [7, 11) is -12.7. The van der Waals surface area contributed by atoms with Crippen LogP contribution in [0.2, 0.25) is 0 Å². The average Bonchev–Trinajstić information content (AvgIpc) is 2.44. The van der Waals surface area contributed by atoms with E-state index in [4.69, 9.17) is 0 Å². The summed E-state index contributed by atoms with van der Waals surface area (Å²) in [6.45, 7) is -5.34. The number of sulfonamides is 1. The van der Waals surface area contributed by atoms with Crippen molar-refractivity contribution < 1.29 is 56.3 Å². The van der Waals surface area contributed by atoms with E-state index in [1.165, 1.54) is 0 Å². The van der Waals surface area contributed by atoms with Crippen LogP contribution in [0.25, 0.3) is 0 Å². The predicted octanol–water partition coefficient (Wildman–Crippen LogP) is 1.36. The number of rotatable bonds is 6. The highest BCUT2D eigenvalue weighted by atomic mass is 32.2. The van der Waals surface area contributed by atoms with E-state index in [1.807, 2.05) is 0 Å². The number of nitrogens with zero attached hydrogens (tertiary/aromatic N) is 2. The zero-order valence-electron chi connectivity index (χ0n) is 13.3. The largest absolute Gasteiger partial charge is 0.428 e. The molecule has 0 unspecified atom stereocenters. The van der Waals surface area contributed by atoms with Crippen LogP contribution in [0.1, 0.15) is 0 Å². The first-order valence-corrected chi connectivity index (χ1v) is 10.1. The van der Waals surface area contributed by atoms with Crippen LogP contribution in [0.3, 0.4) is 0 Å². The molecule has 0 atom stereocenters. The number of alkyl halides is 9. The van der Waals surface area contributed by atoms with Gasteiger partial charge in [0.15, 0.2) is 0 Å². The second kappa shape index (κ2) is 6.91. The van der Waals surface area contributed by atoms with E-state index in [1.54, 1.807) is 0 Å². The maximum absolute atomic E-state index is 13.8. The van der Waals surface area contributed by atoms with Crippen LogP contribution in [-0.4, -0.2) is 87.6 Å². The van der Waals surface area contributed by atoms with Gasteiger partial charge in [-0.2, -0.15) is 43.8 Å². The highest BCUT2D eigenvalue weighted by Gasteiger charge is 2.81. The lowest BCUT2D eigenvalue weighted by molar-refractivity contribution is -0.244. The second-order valence-corrected chi connectivity index (χ2v) is 9.71. The molecular formula is C10H13F9N2O4S2. The SMILES string of the molecule is CS(=O)(=O)C(F)(F)C(F)(F)C(F)(F)S(=O)(=O)N1CCN(CC(F)(F)F)CC1. The van der Waals surface area contributed by atoms with Gasteiger partial charge in [-0.15, -0.1) is 0 Å². The Labute approximate surface area is 147 Å². The van der Waals surface area contributed by atoms with Gasteiger partial charge in [-0.05, 0) is 0 Å². The Morgan fingerprint density at radius 1 is 0.741 bits per heavy atom. The lowest BCUT2D eigenvalue weighted by atomic mass is 10.3. The van der Waals surface area contributed by atoms with Crippen LogP contribution in [0, 0.1) is 0 Å². The molecule has 0 aromatic heterocycles. The summed E-state index contributed by atoms with van der Waals surface area (Å²) in [4.78, 5) is 0.591. The van der Waals surface area contributed by atoms with Crippen molar-refractivity contribution in [2.75, 3.05) is 39.0 Å². The molecule has 1 rings (SSSR count). The standard InChI is InChI=1S/C10H13F9N2O4S2/c1-26(22,23)9(16,17)8(14,15)10(18,19)27(24,25)21-4-2-20(3-5-21)6-7(11,12)13/h2-6H2,1H3. The minimum absolute atomic E-state index is 0.383. The Balaban J connectivity index is 3.13. The topological polar surface area (TPSA) is 74.8 Å². The van der Waals surface area contributed by atoms with Crippen molar-refractivity contribution in [1.29, 1.82) is 0 Å². The number of sulfone groups is 1. The third-order valence-electron chi connectivity index (χ3n) is 3.59. The summed E-state index contributed by atoms with van der Waals surface area (Å²) in [6, 6.07) is 0. The van der Waals surface area contributed by atoms with Gasteiger partial charge in [-0.25, -0.2) is 16.8 Å². The molecule has 27 heavy (non-hydrogen) atoms. The quantitative estimate of drug-likeness (QED) is 0.560. The molecule has 0 aliphatic carbocycles. The molecule has 0 spiro atoms. The van der Waals surface area contributed by atoms with Gasteiger partial charge in [-0.1, -0.05) is 0 Å². The third-order valence-corrected chi connectivity index (χ3v) is 6.73. The van der Waals surface area contributed by atoms with Crippen LogP contribution in [-0.2, 0) is 19.9 Å². The third kappa shape index (κ3) is 4.29. The first kappa shape index (κ1) is 24.2. The predicted molar refractivity (Wildman–Crippen MR) is 72.7 cm³/mol. The molecule has 0 bridgehead atoms. The molecule has 0 N–H and O–H groups in total. The van der Waals surface area contributed by atoms with E-state index in [2.05, 4.69) is 0 Å². The highest BCUT2D eigenvalue weighted by Crippen LogP contribution is 2.51. The summed E-state index contributed by atoms with van der Waals surface area (Å²) in [5.41, 5.74) is 0. The first-order chi connectivity index (χ1) is 11.7. The molecule has 1 fully saturated rings. The Morgan fingerprint density at radius 3 is 1.48 bits per heavy atom. The molecule has 1 aliphatic heterocycles. The Kier molecular flexibility index (Phi) is 6.20. The second-order valence-electron chi connectivity index (χ2n) is 5.68. The Morgan fingerprint density at radius 2 is 1.15 bits per heavy atom. The molecule has 0 saturated carbocycles. The molecule has 162 valence electrons. The zero-order chi connectivity index (χ0) is 21.7. The van der Waals surface area contributed by atoms with Crippen LogP contribution in [0.5, 0.6) is 0 Å². The fraction of sp³-hybridized carbons (Fsp3) is 1.00. The van der Waals surface area contributed by atoms with Crippen LogP contribution in [0.4, 0.5) is 39.5 Å². The fourth-order valence-corrected chi connectivity index (χ4v) is 4.19. The van der Waals surface area contributed by atoms with E-state index in [0.29, 0.717) is 4.90 Å². The molecule has 0 aromatic rings. The summed E-state index contributed by atoms with van der Waals surface area (Å²) in [6.07, 6.45) is -5.19. The van der Waals surface area contributed by atoms with Gasteiger partial charge in [-0.3, -0.25) is 4.90 Å². The minimum atomic E-state index is -6.84. The number of hydrogen-bond acceptors (Lipinski definition) is 5. The van der Waals surface area contributed by atoms with Gasteiger partial charge in [0, 0.05) is 32.4 Å². The molecular weight excluding hydrogens is 447 g/mol. The zero-order valence-corrected chi connectivity index (χ0v) is 14.9. The summed E-state index contributed by atoms with van der Waals surface area (Å²) in [5.74, 6) is -6.84. The van der Waals surface area contributed by atoms with Gasteiger partial charge in [0.1, 0.15) is 0 Å². The van der Waals surface area contributed by atoms with Crippen molar-refractivity contribution in [3.8, 4) is 0 Å². The molecule has 1 aliphatic rings. The number of piperazine rings is 1.